The van der Waals surface area contributed by atoms with Gasteiger partial charge in [0, 0.05) is 17.6 Å². The molecule has 1 aliphatic rings. The molecule has 1 unspecified atom stereocenters. The van der Waals surface area contributed by atoms with Crippen molar-refractivity contribution in [3.8, 4) is 0 Å². The third-order valence-electron chi connectivity index (χ3n) is 1.55. The summed E-state index contributed by atoms with van der Waals surface area (Å²) < 4.78 is 5.08. The van der Waals surface area contributed by atoms with Crippen LogP contribution in [0, 0.1) is 5.92 Å². The van der Waals surface area contributed by atoms with Crippen LogP contribution in [0.2, 0.25) is 0 Å². The molecule has 1 atom stereocenters. The molecule has 10 heavy (non-hydrogen) atoms. The second-order valence-corrected chi connectivity index (χ2v) is 2.68. The van der Waals surface area contributed by atoms with Gasteiger partial charge in [0.05, 0.1) is 6.61 Å². The van der Waals surface area contributed by atoms with Crippen LogP contribution in [0.25, 0.3) is 0 Å². The lowest BCUT2D eigenvalue weighted by molar-refractivity contribution is -0.104. The summed E-state index contributed by atoms with van der Waals surface area (Å²) in [6.07, 6.45) is 3.03. The van der Waals surface area contributed by atoms with Gasteiger partial charge in [0.15, 0.2) is 0 Å². The number of hydrogen-bond donors (Lipinski definition) is 0. The van der Waals surface area contributed by atoms with E-state index in [1.165, 1.54) is 6.08 Å². The van der Waals surface area contributed by atoms with E-state index in [1.54, 1.807) is 0 Å². The molecule has 3 heteroatoms. The highest BCUT2D eigenvalue weighted by molar-refractivity contribution is 6.30. The van der Waals surface area contributed by atoms with Gasteiger partial charge in [0.1, 0.15) is 6.29 Å². The Bertz CT molecular complexity index is 148. The van der Waals surface area contributed by atoms with E-state index in [2.05, 4.69) is 0 Å². The zero-order valence-corrected chi connectivity index (χ0v) is 6.30. The molecule has 56 valence electrons. The molecule has 0 spiro atoms. The van der Waals surface area contributed by atoms with E-state index >= 15 is 0 Å². The monoisotopic (exact) mass is 160 g/mol. The maximum Gasteiger partial charge on any atom is 0.144 e. The van der Waals surface area contributed by atoms with Crippen molar-refractivity contribution in [1.29, 1.82) is 0 Å². The third kappa shape index (κ3) is 1.82. The van der Waals surface area contributed by atoms with E-state index in [0.717, 1.165) is 13.0 Å². The molecule has 2 nitrogen and oxygen atoms in total. The van der Waals surface area contributed by atoms with Crippen LogP contribution < -0.4 is 0 Å². The average molecular weight is 161 g/mol. The number of carbonyl (C=O) groups is 1. The standard InChI is InChI=1S/C7H9ClO2/c8-7(1-3-9)6-2-4-10-5-6/h1,3,6H,2,4-5H2. The molecule has 0 aromatic carbocycles. The van der Waals surface area contributed by atoms with Crippen LogP contribution >= 0.6 is 11.6 Å². The lowest BCUT2D eigenvalue weighted by Gasteiger charge is -2.02. The number of carbonyl (C=O) groups excluding carboxylic acids is 1. The lowest BCUT2D eigenvalue weighted by atomic mass is 10.1. The maximum absolute atomic E-state index is 9.97. The van der Waals surface area contributed by atoms with Crippen molar-refractivity contribution in [3.05, 3.63) is 11.1 Å². The fourth-order valence-corrected chi connectivity index (χ4v) is 1.18. The fourth-order valence-electron chi connectivity index (χ4n) is 0.953. The highest BCUT2D eigenvalue weighted by atomic mass is 35.5. The summed E-state index contributed by atoms with van der Waals surface area (Å²) in [6, 6.07) is 0. The Balaban J connectivity index is 2.46. The molecule has 0 saturated carbocycles. The van der Waals surface area contributed by atoms with Gasteiger partial charge in [-0.2, -0.15) is 0 Å². The van der Waals surface area contributed by atoms with Crippen molar-refractivity contribution in [3.63, 3.8) is 0 Å². The SMILES string of the molecule is O=CC=C(Cl)C1CCOC1. The first-order valence-electron chi connectivity index (χ1n) is 3.23. The minimum Gasteiger partial charge on any atom is -0.381 e. The molecule has 0 N–H and O–H groups in total. The first-order chi connectivity index (χ1) is 4.84. The summed E-state index contributed by atoms with van der Waals surface area (Å²) in [6.45, 7) is 1.41. The Morgan fingerprint density at radius 2 is 2.50 bits per heavy atom. The Morgan fingerprint density at radius 1 is 1.70 bits per heavy atom. The van der Waals surface area contributed by atoms with Gasteiger partial charge in [-0.25, -0.2) is 0 Å². The van der Waals surface area contributed by atoms with E-state index in [1.807, 2.05) is 0 Å². The lowest BCUT2D eigenvalue weighted by Crippen LogP contribution is -1.98. The Kier molecular flexibility index (Phi) is 2.90. The van der Waals surface area contributed by atoms with Gasteiger partial charge >= 0.3 is 0 Å². The molecule has 0 aliphatic carbocycles. The zero-order valence-electron chi connectivity index (χ0n) is 5.55. The zero-order chi connectivity index (χ0) is 7.40. The minimum absolute atomic E-state index is 0.256. The van der Waals surface area contributed by atoms with Crippen molar-refractivity contribution in [2.75, 3.05) is 13.2 Å². The van der Waals surface area contributed by atoms with Crippen LogP contribution in [0.15, 0.2) is 11.1 Å². The molecule has 1 aliphatic heterocycles. The highest BCUT2D eigenvalue weighted by Crippen LogP contribution is 2.23. The molecular weight excluding hydrogens is 152 g/mol. The predicted molar refractivity (Wildman–Crippen MR) is 38.9 cm³/mol. The van der Waals surface area contributed by atoms with Crippen LogP contribution in [0.3, 0.4) is 0 Å². The molecular formula is C7H9ClO2. The van der Waals surface area contributed by atoms with Gasteiger partial charge in [-0.1, -0.05) is 11.6 Å². The quantitative estimate of drug-likeness (QED) is 0.450. The van der Waals surface area contributed by atoms with E-state index in [4.69, 9.17) is 16.3 Å². The molecule has 1 heterocycles. The Hall–Kier alpha value is -0.340. The van der Waals surface area contributed by atoms with E-state index in [0.29, 0.717) is 17.9 Å². The first-order valence-corrected chi connectivity index (χ1v) is 3.61. The number of hydrogen-bond acceptors (Lipinski definition) is 2. The highest BCUT2D eigenvalue weighted by Gasteiger charge is 2.17. The number of allylic oxidation sites excluding steroid dienone is 1. The summed E-state index contributed by atoms with van der Waals surface area (Å²) >= 11 is 5.74. The van der Waals surface area contributed by atoms with Gasteiger partial charge in [-0.15, -0.1) is 0 Å². The number of aldehydes is 1. The Labute approximate surface area is 64.8 Å². The molecule has 1 fully saturated rings. The average Bonchev–Trinajstić information content (AvgIpc) is 2.38. The molecule has 0 radical (unpaired) electrons. The topological polar surface area (TPSA) is 26.3 Å². The molecule has 1 saturated heterocycles. The van der Waals surface area contributed by atoms with Crippen molar-refractivity contribution < 1.29 is 9.53 Å². The molecule has 0 bridgehead atoms. The summed E-state index contributed by atoms with van der Waals surface area (Å²) in [5.41, 5.74) is 0. The second kappa shape index (κ2) is 3.74. The van der Waals surface area contributed by atoms with E-state index in [-0.39, 0.29) is 5.92 Å². The van der Waals surface area contributed by atoms with Crippen LogP contribution in [-0.4, -0.2) is 19.5 Å². The number of halogens is 1. The van der Waals surface area contributed by atoms with Crippen LogP contribution in [0.5, 0.6) is 0 Å². The third-order valence-corrected chi connectivity index (χ3v) is 1.98. The van der Waals surface area contributed by atoms with Crippen molar-refractivity contribution in [1.82, 2.24) is 0 Å². The van der Waals surface area contributed by atoms with Gasteiger partial charge in [0.2, 0.25) is 0 Å². The normalized spacial score (nSPS) is 26.9. The fraction of sp³-hybridized carbons (Fsp3) is 0.571. The van der Waals surface area contributed by atoms with Crippen LogP contribution in [-0.2, 0) is 9.53 Å². The van der Waals surface area contributed by atoms with Gasteiger partial charge in [-0.05, 0) is 12.5 Å². The van der Waals surface area contributed by atoms with Gasteiger partial charge < -0.3 is 4.74 Å². The smallest absolute Gasteiger partial charge is 0.144 e. The minimum atomic E-state index is 0.256. The maximum atomic E-state index is 9.97. The summed E-state index contributed by atoms with van der Waals surface area (Å²) in [7, 11) is 0. The Morgan fingerprint density at radius 3 is 3.00 bits per heavy atom. The van der Waals surface area contributed by atoms with Gasteiger partial charge in [0.25, 0.3) is 0 Å². The van der Waals surface area contributed by atoms with Crippen LogP contribution in [0.4, 0.5) is 0 Å². The molecule has 0 amide bonds. The van der Waals surface area contributed by atoms with E-state index in [9.17, 15) is 4.79 Å². The van der Waals surface area contributed by atoms with Crippen molar-refractivity contribution in [2.24, 2.45) is 5.92 Å². The predicted octanol–water partition coefficient (Wildman–Crippen LogP) is 1.34. The first kappa shape index (κ1) is 7.76. The molecule has 0 aromatic heterocycles. The molecule has 1 rings (SSSR count). The number of rotatable bonds is 2. The summed E-state index contributed by atoms with van der Waals surface area (Å²) in [4.78, 5) is 9.97. The van der Waals surface area contributed by atoms with Crippen molar-refractivity contribution in [2.45, 2.75) is 6.42 Å². The summed E-state index contributed by atoms with van der Waals surface area (Å²) in [5.74, 6) is 0.256. The molecule has 0 aromatic rings. The second-order valence-electron chi connectivity index (χ2n) is 2.25. The largest absolute Gasteiger partial charge is 0.381 e. The summed E-state index contributed by atoms with van der Waals surface area (Å²) in [5, 5.41) is 0.618. The van der Waals surface area contributed by atoms with Gasteiger partial charge in [-0.3, -0.25) is 4.79 Å². The van der Waals surface area contributed by atoms with Crippen LogP contribution in [0.1, 0.15) is 6.42 Å². The van der Waals surface area contributed by atoms with E-state index < -0.39 is 0 Å². The van der Waals surface area contributed by atoms with Crippen molar-refractivity contribution >= 4 is 17.9 Å². The number of ether oxygens (including phenoxy) is 1.